The average Bonchev–Trinajstić information content (AvgIpc) is 2.94. The number of benzene rings is 1. The number of fused-ring (bicyclic) bond motifs is 1. The Labute approximate surface area is 114 Å². The predicted molar refractivity (Wildman–Crippen MR) is 78.4 cm³/mol. The van der Waals surface area contributed by atoms with Crippen LogP contribution in [0.1, 0.15) is 41.8 Å². The fourth-order valence-corrected chi connectivity index (χ4v) is 3.03. The van der Waals surface area contributed by atoms with Crippen LogP contribution in [-0.4, -0.2) is 9.78 Å². The first-order valence-corrected chi connectivity index (χ1v) is 7.02. The number of nitrogens with zero attached hydrogens (tertiary/aromatic N) is 2. The Hall–Kier alpha value is -1.77. The Morgan fingerprint density at radius 2 is 2.05 bits per heavy atom. The van der Waals surface area contributed by atoms with Crippen molar-refractivity contribution >= 4 is 5.69 Å². The second-order valence-electron chi connectivity index (χ2n) is 5.55. The largest absolute Gasteiger partial charge is 0.378 e. The molecular weight excluding hydrogens is 234 g/mol. The van der Waals surface area contributed by atoms with Crippen molar-refractivity contribution in [1.29, 1.82) is 0 Å². The monoisotopic (exact) mass is 255 g/mol. The quantitative estimate of drug-likeness (QED) is 0.911. The van der Waals surface area contributed by atoms with Crippen LogP contribution in [0.5, 0.6) is 0 Å². The van der Waals surface area contributed by atoms with Crippen molar-refractivity contribution in [3.05, 3.63) is 46.8 Å². The molecule has 0 bridgehead atoms. The lowest BCUT2D eigenvalue weighted by molar-refractivity contribution is 0.756. The van der Waals surface area contributed by atoms with Crippen molar-refractivity contribution in [2.24, 2.45) is 7.05 Å². The van der Waals surface area contributed by atoms with Gasteiger partial charge in [-0.2, -0.15) is 5.10 Å². The van der Waals surface area contributed by atoms with Gasteiger partial charge in [-0.1, -0.05) is 6.07 Å². The third kappa shape index (κ3) is 2.37. The van der Waals surface area contributed by atoms with Gasteiger partial charge in [0.2, 0.25) is 0 Å². The second kappa shape index (κ2) is 4.72. The molecule has 3 heteroatoms. The molecule has 1 aliphatic rings. The zero-order chi connectivity index (χ0) is 13.4. The highest BCUT2D eigenvalue weighted by Gasteiger charge is 2.14. The molecule has 0 amide bonds. The number of anilines is 1. The molecule has 3 rings (SSSR count). The second-order valence-corrected chi connectivity index (χ2v) is 5.55. The number of aromatic nitrogens is 2. The van der Waals surface area contributed by atoms with Gasteiger partial charge in [-0.05, 0) is 56.4 Å². The number of rotatable bonds is 3. The molecule has 1 unspecified atom stereocenters. The zero-order valence-corrected chi connectivity index (χ0v) is 11.9. The summed E-state index contributed by atoms with van der Waals surface area (Å²) in [6, 6.07) is 7.07. The van der Waals surface area contributed by atoms with Gasteiger partial charge in [-0.15, -0.1) is 0 Å². The third-order valence-electron chi connectivity index (χ3n) is 4.00. The molecule has 19 heavy (non-hydrogen) atoms. The highest BCUT2D eigenvalue weighted by molar-refractivity contribution is 5.51. The first kappa shape index (κ1) is 12.3. The van der Waals surface area contributed by atoms with Crippen LogP contribution >= 0.6 is 0 Å². The van der Waals surface area contributed by atoms with E-state index in [-0.39, 0.29) is 6.04 Å². The molecule has 0 fully saturated rings. The average molecular weight is 255 g/mol. The molecule has 0 saturated carbocycles. The smallest absolute Gasteiger partial charge is 0.0646 e. The summed E-state index contributed by atoms with van der Waals surface area (Å²) in [5, 5.41) is 8.00. The van der Waals surface area contributed by atoms with Gasteiger partial charge in [0.15, 0.2) is 0 Å². The Balaban J connectivity index is 1.79. The number of aryl methyl sites for hydroxylation is 4. The lowest BCUT2D eigenvalue weighted by Gasteiger charge is -2.15. The summed E-state index contributed by atoms with van der Waals surface area (Å²) >= 11 is 0. The molecule has 1 atom stereocenters. The van der Waals surface area contributed by atoms with Crippen molar-refractivity contribution in [2.75, 3.05) is 5.32 Å². The van der Waals surface area contributed by atoms with Crippen molar-refractivity contribution < 1.29 is 0 Å². The molecule has 0 spiro atoms. The molecular formula is C16H21N3. The first-order valence-electron chi connectivity index (χ1n) is 7.02. The molecule has 0 radical (unpaired) electrons. The molecule has 1 N–H and O–H groups in total. The van der Waals surface area contributed by atoms with Gasteiger partial charge in [-0.25, -0.2) is 0 Å². The van der Waals surface area contributed by atoms with Crippen LogP contribution in [0.3, 0.4) is 0 Å². The lowest BCUT2D eigenvalue weighted by Crippen LogP contribution is -2.07. The maximum atomic E-state index is 4.41. The number of nitrogens with one attached hydrogen (secondary N) is 1. The molecule has 100 valence electrons. The van der Waals surface area contributed by atoms with E-state index in [0.717, 1.165) is 5.69 Å². The van der Waals surface area contributed by atoms with E-state index in [1.165, 1.54) is 41.6 Å². The molecule has 1 aliphatic carbocycles. The lowest BCUT2D eigenvalue weighted by atomic mass is 10.1. The van der Waals surface area contributed by atoms with Gasteiger partial charge in [0.25, 0.3) is 0 Å². The normalized spacial score (nSPS) is 15.3. The van der Waals surface area contributed by atoms with E-state index in [0.29, 0.717) is 0 Å². The van der Waals surface area contributed by atoms with Gasteiger partial charge in [-0.3, -0.25) is 4.68 Å². The molecule has 0 aliphatic heterocycles. The Kier molecular flexibility index (Phi) is 3.05. The maximum absolute atomic E-state index is 4.41. The van der Waals surface area contributed by atoms with Crippen molar-refractivity contribution in [2.45, 2.75) is 39.2 Å². The summed E-state index contributed by atoms with van der Waals surface area (Å²) in [4.78, 5) is 0. The summed E-state index contributed by atoms with van der Waals surface area (Å²) in [6.07, 6.45) is 5.87. The minimum absolute atomic E-state index is 0.285. The van der Waals surface area contributed by atoms with Gasteiger partial charge < -0.3 is 5.32 Å². The third-order valence-corrected chi connectivity index (χ3v) is 4.00. The highest BCUT2D eigenvalue weighted by Crippen LogP contribution is 2.27. The fourth-order valence-electron chi connectivity index (χ4n) is 3.03. The van der Waals surface area contributed by atoms with Crippen molar-refractivity contribution in [1.82, 2.24) is 9.78 Å². The molecule has 0 saturated heterocycles. The Bertz CT molecular complexity index is 598. The van der Waals surface area contributed by atoms with Gasteiger partial charge in [0.1, 0.15) is 0 Å². The predicted octanol–water partition coefficient (Wildman–Crippen LogP) is 3.39. The van der Waals surface area contributed by atoms with Crippen LogP contribution in [0.25, 0.3) is 0 Å². The molecule has 1 heterocycles. The van der Waals surface area contributed by atoms with E-state index in [9.17, 15) is 0 Å². The van der Waals surface area contributed by atoms with Gasteiger partial charge in [0, 0.05) is 24.5 Å². The Morgan fingerprint density at radius 3 is 2.79 bits per heavy atom. The molecule has 1 aromatic heterocycles. The van der Waals surface area contributed by atoms with Crippen molar-refractivity contribution in [3.8, 4) is 0 Å². The summed E-state index contributed by atoms with van der Waals surface area (Å²) in [6.45, 7) is 4.26. The van der Waals surface area contributed by atoms with Crippen molar-refractivity contribution in [3.63, 3.8) is 0 Å². The zero-order valence-electron chi connectivity index (χ0n) is 11.9. The van der Waals surface area contributed by atoms with Crippen LogP contribution in [0.4, 0.5) is 5.69 Å². The van der Waals surface area contributed by atoms with Crippen LogP contribution in [0.2, 0.25) is 0 Å². The van der Waals surface area contributed by atoms with Crippen LogP contribution < -0.4 is 5.32 Å². The summed E-state index contributed by atoms with van der Waals surface area (Å²) in [5.41, 5.74) is 6.62. The van der Waals surface area contributed by atoms with Crippen LogP contribution in [0.15, 0.2) is 24.4 Å². The fraction of sp³-hybridized carbons (Fsp3) is 0.438. The highest BCUT2D eigenvalue weighted by atomic mass is 15.3. The minimum Gasteiger partial charge on any atom is -0.378 e. The van der Waals surface area contributed by atoms with E-state index < -0.39 is 0 Å². The topological polar surface area (TPSA) is 29.9 Å². The molecule has 2 aromatic rings. The van der Waals surface area contributed by atoms with E-state index in [2.05, 4.69) is 48.7 Å². The standard InChI is InChI=1S/C16H21N3/c1-11(16-10-19(3)18-12(16)2)17-15-8-7-13-5-4-6-14(13)9-15/h7-11,17H,4-6H2,1-3H3. The van der Waals surface area contributed by atoms with E-state index >= 15 is 0 Å². The first-order chi connectivity index (χ1) is 9.13. The minimum atomic E-state index is 0.285. The summed E-state index contributed by atoms with van der Waals surface area (Å²) in [5.74, 6) is 0. The molecule has 3 nitrogen and oxygen atoms in total. The van der Waals surface area contributed by atoms with E-state index in [1.54, 1.807) is 0 Å². The SMILES string of the molecule is Cc1nn(C)cc1C(C)Nc1ccc2c(c1)CCC2. The van der Waals surface area contributed by atoms with Gasteiger partial charge >= 0.3 is 0 Å². The summed E-state index contributed by atoms with van der Waals surface area (Å²) in [7, 11) is 1.97. The van der Waals surface area contributed by atoms with Crippen LogP contribution in [0, 0.1) is 6.92 Å². The number of hydrogen-bond donors (Lipinski definition) is 1. The van der Waals surface area contributed by atoms with Crippen LogP contribution in [-0.2, 0) is 19.9 Å². The van der Waals surface area contributed by atoms with Gasteiger partial charge in [0.05, 0.1) is 11.7 Å². The Morgan fingerprint density at radius 1 is 1.26 bits per heavy atom. The summed E-state index contributed by atoms with van der Waals surface area (Å²) < 4.78 is 1.88. The number of hydrogen-bond acceptors (Lipinski definition) is 2. The van der Waals surface area contributed by atoms with E-state index in [1.807, 2.05) is 11.7 Å². The maximum Gasteiger partial charge on any atom is 0.0646 e. The van der Waals surface area contributed by atoms with E-state index in [4.69, 9.17) is 0 Å². The molecule has 1 aromatic carbocycles.